The Morgan fingerprint density at radius 2 is 1.93 bits per heavy atom. The van der Waals surface area contributed by atoms with Crippen LogP contribution in [0.3, 0.4) is 0 Å². The van der Waals surface area contributed by atoms with Crippen LogP contribution >= 0.6 is 36.6 Å². The number of amides is 1. The van der Waals surface area contributed by atoms with Crippen molar-refractivity contribution < 1.29 is 4.79 Å². The molecule has 0 aliphatic carbocycles. The Hall–Kier alpha value is 0.320. The van der Waals surface area contributed by atoms with Crippen molar-refractivity contribution in [3.63, 3.8) is 0 Å². The van der Waals surface area contributed by atoms with Crippen molar-refractivity contribution in [2.75, 3.05) is 44.2 Å². The van der Waals surface area contributed by atoms with Gasteiger partial charge in [0.2, 0.25) is 5.91 Å². The van der Waals surface area contributed by atoms with Crippen molar-refractivity contribution in [2.24, 2.45) is 5.73 Å². The molecule has 7 heteroatoms. The van der Waals surface area contributed by atoms with E-state index in [0.717, 1.165) is 26.2 Å². The Kier molecular flexibility index (Phi) is 12.8. The number of nitrogens with one attached hydrogen (secondary N) is 1. The molecule has 0 aromatic rings. The van der Waals surface area contributed by atoms with Gasteiger partial charge in [-0.25, -0.2) is 0 Å². The third-order valence-electron chi connectivity index (χ3n) is 2.04. The fourth-order valence-electron chi connectivity index (χ4n) is 1.25. The van der Waals surface area contributed by atoms with Gasteiger partial charge in [0.15, 0.2) is 0 Å². The van der Waals surface area contributed by atoms with Crippen LogP contribution < -0.4 is 11.1 Å². The lowest BCUT2D eigenvalue weighted by Crippen LogP contribution is -2.40. The molecule has 1 fully saturated rings. The fraction of sp³-hybridized carbons (Fsp3) is 0.875. The minimum absolute atomic E-state index is 0. The zero-order valence-electron chi connectivity index (χ0n) is 8.61. The summed E-state index contributed by atoms with van der Waals surface area (Å²) in [4.78, 5) is 13.2. The van der Waals surface area contributed by atoms with E-state index in [4.69, 9.17) is 5.73 Å². The standard InChI is InChI=1S/C8H17N3OS.2ClH/c9-7-8(12)10-1-2-11-3-5-13-6-4-11;;/h1-7,9H2,(H,10,12);2*1H. The van der Waals surface area contributed by atoms with E-state index in [1.807, 2.05) is 11.8 Å². The largest absolute Gasteiger partial charge is 0.354 e. The summed E-state index contributed by atoms with van der Waals surface area (Å²) in [6.07, 6.45) is 0. The Bertz CT molecular complexity index is 168. The Labute approximate surface area is 108 Å². The van der Waals surface area contributed by atoms with E-state index in [0.29, 0.717) is 0 Å². The molecular formula is C8H19Cl2N3OS. The third kappa shape index (κ3) is 8.16. The Morgan fingerprint density at radius 1 is 1.33 bits per heavy atom. The number of hydrogen-bond acceptors (Lipinski definition) is 4. The van der Waals surface area contributed by atoms with Gasteiger partial charge < -0.3 is 11.1 Å². The highest BCUT2D eigenvalue weighted by atomic mass is 35.5. The van der Waals surface area contributed by atoms with Crippen LogP contribution in [0, 0.1) is 0 Å². The summed E-state index contributed by atoms with van der Waals surface area (Å²) < 4.78 is 0. The van der Waals surface area contributed by atoms with Crippen LogP contribution in [0.4, 0.5) is 0 Å². The van der Waals surface area contributed by atoms with Gasteiger partial charge in [-0.05, 0) is 0 Å². The zero-order valence-corrected chi connectivity index (χ0v) is 11.1. The quantitative estimate of drug-likeness (QED) is 0.756. The van der Waals surface area contributed by atoms with Crippen LogP contribution in [0.5, 0.6) is 0 Å². The van der Waals surface area contributed by atoms with Gasteiger partial charge in [-0.15, -0.1) is 24.8 Å². The molecule has 3 N–H and O–H groups in total. The highest BCUT2D eigenvalue weighted by Gasteiger charge is 2.09. The van der Waals surface area contributed by atoms with E-state index in [1.165, 1.54) is 11.5 Å². The summed E-state index contributed by atoms with van der Waals surface area (Å²) in [6, 6.07) is 0. The van der Waals surface area contributed by atoms with E-state index in [2.05, 4.69) is 10.2 Å². The van der Waals surface area contributed by atoms with Crippen LogP contribution in [-0.4, -0.2) is 55.0 Å². The zero-order chi connectivity index (χ0) is 9.52. The van der Waals surface area contributed by atoms with Crippen molar-refractivity contribution in [2.45, 2.75) is 0 Å². The second-order valence-corrected chi connectivity index (χ2v) is 4.23. The van der Waals surface area contributed by atoms with E-state index < -0.39 is 0 Å². The van der Waals surface area contributed by atoms with E-state index in [-0.39, 0.29) is 37.3 Å². The summed E-state index contributed by atoms with van der Waals surface area (Å²) in [5, 5.41) is 2.77. The predicted octanol–water partition coefficient (Wildman–Crippen LogP) is -0.0463. The molecule has 0 aromatic carbocycles. The van der Waals surface area contributed by atoms with Crippen molar-refractivity contribution in [1.29, 1.82) is 0 Å². The maximum Gasteiger partial charge on any atom is 0.233 e. The summed E-state index contributed by atoms with van der Waals surface area (Å²) in [5.74, 6) is 2.36. The predicted molar refractivity (Wildman–Crippen MR) is 70.3 cm³/mol. The fourth-order valence-corrected chi connectivity index (χ4v) is 2.23. The van der Waals surface area contributed by atoms with Crippen molar-refractivity contribution in [3.05, 3.63) is 0 Å². The SMILES string of the molecule is Cl.Cl.NCC(=O)NCCN1CCSCC1. The summed E-state index contributed by atoms with van der Waals surface area (Å²) in [5.41, 5.74) is 5.16. The average molecular weight is 276 g/mol. The normalized spacial score (nSPS) is 16.1. The smallest absolute Gasteiger partial charge is 0.233 e. The van der Waals surface area contributed by atoms with Gasteiger partial charge >= 0.3 is 0 Å². The molecule has 1 aliphatic rings. The average Bonchev–Trinajstić information content (AvgIpc) is 2.19. The topological polar surface area (TPSA) is 58.4 Å². The molecule has 0 radical (unpaired) electrons. The highest BCUT2D eigenvalue weighted by molar-refractivity contribution is 7.99. The van der Waals surface area contributed by atoms with Crippen LogP contribution in [0.2, 0.25) is 0 Å². The molecule has 92 valence electrons. The molecular weight excluding hydrogens is 257 g/mol. The number of thioether (sulfide) groups is 1. The minimum atomic E-state index is -0.0635. The number of carbonyl (C=O) groups excluding carboxylic acids is 1. The summed E-state index contributed by atoms with van der Waals surface area (Å²) in [7, 11) is 0. The lowest BCUT2D eigenvalue weighted by molar-refractivity contribution is -0.119. The molecule has 0 aromatic heterocycles. The van der Waals surface area contributed by atoms with E-state index >= 15 is 0 Å². The first-order valence-electron chi connectivity index (χ1n) is 4.60. The van der Waals surface area contributed by atoms with Crippen LogP contribution in [0.15, 0.2) is 0 Å². The molecule has 0 atom stereocenters. The Balaban J connectivity index is 0. The first-order valence-corrected chi connectivity index (χ1v) is 5.75. The number of nitrogens with two attached hydrogens (primary N) is 1. The van der Waals surface area contributed by atoms with Gasteiger partial charge in [0.25, 0.3) is 0 Å². The molecule has 4 nitrogen and oxygen atoms in total. The van der Waals surface area contributed by atoms with E-state index in [1.54, 1.807) is 0 Å². The van der Waals surface area contributed by atoms with E-state index in [9.17, 15) is 4.79 Å². The first kappa shape index (κ1) is 17.7. The summed E-state index contributed by atoms with van der Waals surface area (Å²) in [6.45, 7) is 4.05. The molecule has 1 rings (SSSR count). The molecule has 0 bridgehead atoms. The maximum absolute atomic E-state index is 10.8. The highest BCUT2D eigenvalue weighted by Crippen LogP contribution is 2.07. The van der Waals surface area contributed by atoms with Crippen molar-refractivity contribution in [3.8, 4) is 0 Å². The number of carbonyl (C=O) groups is 1. The molecule has 0 spiro atoms. The van der Waals surface area contributed by atoms with Gasteiger partial charge in [0.1, 0.15) is 0 Å². The molecule has 15 heavy (non-hydrogen) atoms. The van der Waals surface area contributed by atoms with Gasteiger partial charge in [-0.2, -0.15) is 11.8 Å². The molecule has 1 amide bonds. The lowest BCUT2D eigenvalue weighted by atomic mass is 10.4. The Morgan fingerprint density at radius 3 is 2.47 bits per heavy atom. The monoisotopic (exact) mass is 275 g/mol. The second kappa shape index (κ2) is 10.8. The third-order valence-corrected chi connectivity index (χ3v) is 2.98. The van der Waals surface area contributed by atoms with Gasteiger partial charge in [-0.1, -0.05) is 0 Å². The van der Waals surface area contributed by atoms with Gasteiger partial charge in [-0.3, -0.25) is 9.69 Å². The molecule has 0 saturated carbocycles. The van der Waals surface area contributed by atoms with Crippen LogP contribution in [-0.2, 0) is 4.79 Å². The van der Waals surface area contributed by atoms with Crippen molar-refractivity contribution >= 4 is 42.5 Å². The molecule has 1 heterocycles. The number of rotatable bonds is 4. The van der Waals surface area contributed by atoms with Crippen molar-refractivity contribution in [1.82, 2.24) is 10.2 Å². The van der Waals surface area contributed by atoms with Crippen LogP contribution in [0.25, 0.3) is 0 Å². The number of nitrogens with zero attached hydrogens (tertiary/aromatic N) is 1. The maximum atomic E-state index is 10.8. The first-order chi connectivity index (χ1) is 6.33. The van der Waals surface area contributed by atoms with Gasteiger partial charge in [0.05, 0.1) is 6.54 Å². The molecule has 1 aliphatic heterocycles. The van der Waals surface area contributed by atoms with Gasteiger partial charge in [0, 0.05) is 37.7 Å². The summed E-state index contributed by atoms with van der Waals surface area (Å²) >= 11 is 1.99. The lowest BCUT2D eigenvalue weighted by Gasteiger charge is -2.25. The minimum Gasteiger partial charge on any atom is -0.354 e. The number of halogens is 2. The number of hydrogen-bond donors (Lipinski definition) is 2. The molecule has 1 saturated heterocycles. The molecule has 0 unspecified atom stereocenters. The van der Waals surface area contributed by atoms with Crippen LogP contribution in [0.1, 0.15) is 0 Å². The second-order valence-electron chi connectivity index (χ2n) is 3.01.